The number of aromatic amines is 1. The first kappa shape index (κ1) is 7.73. The van der Waals surface area contributed by atoms with Crippen molar-refractivity contribution in [1.82, 2.24) is 20.1 Å². The first-order valence-electron chi connectivity index (χ1n) is 4.45. The van der Waals surface area contributed by atoms with Gasteiger partial charge in [0.2, 0.25) is 0 Å². The van der Waals surface area contributed by atoms with Gasteiger partial charge in [-0.1, -0.05) is 0 Å². The Hall–Kier alpha value is -0.900. The molecule has 1 saturated heterocycles. The molecule has 0 atom stereocenters. The second-order valence-corrected chi connectivity index (χ2v) is 3.32. The third-order valence-corrected chi connectivity index (χ3v) is 2.21. The molecule has 0 bridgehead atoms. The van der Waals surface area contributed by atoms with Gasteiger partial charge in [0.05, 0.1) is 6.54 Å². The third kappa shape index (κ3) is 1.64. The molecule has 0 aromatic carbocycles. The number of nitrogens with one attached hydrogen (secondary N) is 1. The fraction of sp³-hybridized carbons (Fsp3) is 0.750. The lowest BCUT2D eigenvalue weighted by Crippen LogP contribution is -2.19. The molecule has 1 N–H and O–H groups in total. The van der Waals surface area contributed by atoms with E-state index in [1.165, 1.54) is 25.9 Å². The van der Waals surface area contributed by atoms with E-state index in [0.717, 1.165) is 18.2 Å². The largest absolute Gasteiger partial charge is 0.296 e. The van der Waals surface area contributed by atoms with Gasteiger partial charge in [-0.15, -0.1) is 0 Å². The van der Waals surface area contributed by atoms with E-state index in [4.69, 9.17) is 0 Å². The Morgan fingerprint density at radius 2 is 2.17 bits per heavy atom. The highest BCUT2D eigenvalue weighted by atomic mass is 15.2. The summed E-state index contributed by atoms with van der Waals surface area (Å²) < 4.78 is 0. The zero-order valence-electron chi connectivity index (χ0n) is 7.38. The molecule has 1 aliphatic heterocycles. The molecule has 0 saturated carbocycles. The lowest BCUT2D eigenvalue weighted by atomic mass is 10.4. The minimum atomic E-state index is 0.907. The molecule has 1 aliphatic rings. The Bertz CT molecular complexity index is 249. The number of likely N-dealkylation sites (tertiary alicyclic amines) is 1. The van der Waals surface area contributed by atoms with Crippen LogP contribution in [-0.4, -0.2) is 33.2 Å². The van der Waals surface area contributed by atoms with Gasteiger partial charge in [-0.25, -0.2) is 4.98 Å². The number of H-pyrrole nitrogens is 1. The molecular formula is C8H14N4. The van der Waals surface area contributed by atoms with Crippen molar-refractivity contribution < 1.29 is 0 Å². The van der Waals surface area contributed by atoms with Gasteiger partial charge in [0, 0.05) is 0 Å². The van der Waals surface area contributed by atoms with Crippen LogP contribution >= 0.6 is 0 Å². The molecule has 1 aromatic heterocycles. The van der Waals surface area contributed by atoms with Gasteiger partial charge >= 0.3 is 0 Å². The van der Waals surface area contributed by atoms with E-state index in [1.54, 1.807) is 0 Å². The highest BCUT2D eigenvalue weighted by molar-refractivity contribution is 4.88. The van der Waals surface area contributed by atoms with E-state index < -0.39 is 0 Å². The first-order chi connectivity index (χ1) is 5.84. The number of nitrogens with zero attached hydrogens (tertiary/aromatic N) is 3. The maximum atomic E-state index is 4.27. The molecular weight excluding hydrogens is 152 g/mol. The van der Waals surface area contributed by atoms with Gasteiger partial charge in [0.1, 0.15) is 5.82 Å². The van der Waals surface area contributed by atoms with Crippen LogP contribution < -0.4 is 0 Å². The highest BCUT2D eigenvalue weighted by Gasteiger charge is 2.13. The molecule has 1 fully saturated rings. The molecule has 0 amide bonds. The minimum Gasteiger partial charge on any atom is -0.296 e. The number of hydrogen-bond donors (Lipinski definition) is 1. The van der Waals surface area contributed by atoms with Gasteiger partial charge in [-0.3, -0.25) is 10.00 Å². The molecule has 0 radical (unpaired) electrons. The van der Waals surface area contributed by atoms with Crippen LogP contribution in [0.5, 0.6) is 0 Å². The number of aryl methyl sites for hydroxylation is 1. The van der Waals surface area contributed by atoms with Crippen molar-refractivity contribution in [2.24, 2.45) is 0 Å². The van der Waals surface area contributed by atoms with Crippen molar-refractivity contribution >= 4 is 0 Å². The predicted octanol–water partition coefficient (Wildman–Crippen LogP) is 0.709. The summed E-state index contributed by atoms with van der Waals surface area (Å²) in [6.07, 6.45) is 2.65. The van der Waals surface area contributed by atoms with E-state index >= 15 is 0 Å². The maximum Gasteiger partial charge on any atom is 0.164 e. The molecule has 0 spiro atoms. The van der Waals surface area contributed by atoms with Crippen LogP contribution in [0.15, 0.2) is 0 Å². The molecule has 12 heavy (non-hydrogen) atoms. The van der Waals surface area contributed by atoms with Gasteiger partial charge in [-0.05, 0) is 32.9 Å². The summed E-state index contributed by atoms with van der Waals surface area (Å²) in [6.45, 7) is 5.24. The summed E-state index contributed by atoms with van der Waals surface area (Å²) in [4.78, 5) is 6.66. The van der Waals surface area contributed by atoms with Crippen molar-refractivity contribution in [3.05, 3.63) is 11.6 Å². The minimum absolute atomic E-state index is 0.907. The summed E-state index contributed by atoms with van der Waals surface area (Å²) >= 11 is 0. The number of hydrogen-bond acceptors (Lipinski definition) is 3. The van der Waals surface area contributed by atoms with E-state index in [9.17, 15) is 0 Å². The summed E-state index contributed by atoms with van der Waals surface area (Å²) in [6, 6.07) is 0. The first-order valence-corrected chi connectivity index (χ1v) is 4.45. The van der Waals surface area contributed by atoms with Crippen molar-refractivity contribution in [3.63, 3.8) is 0 Å². The summed E-state index contributed by atoms with van der Waals surface area (Å²) in [5.41, 5.74) is 0. The fourth-order valence-corrected chi connectivity index (χ4v) is 1.60. The standard InChI is InChI=1S/C8H14N4/c1-7-9-8(11-10-7)6-12-4-2-3-5-12/h2-6H2,1H3,(H,9,10,11). The fourth-order valence-electron chi connectivity index (χ4n) is 1.60. The Balaban J connectivity index is 1.94. The Kier molecular flexibility index (Phi) is 2.08. The third-order valence-electron chi connectivity index (χ3n) is 2.21. The second-order valence-electron chi connectivity index (χ2n) is 3.32. The SMILES string of the molecule is Cc1nc(CN2CCCC2)n[nH]1. The zero-order chi connectivity index (χ0) is 8.39. The van der Waals surface area contributed by atoms with Crippen LogP contribution in [0.2, 0.25) is 0 Å². The average Bonchev–Trinajstić information content (AvgIpc) is 2.63. The van der Waals surface area contributed by atoms with Gasteiger partial charge in [-0.2, -0.15) is 5.10 Å². The Labute approximate surface area is 72.0 Å². The van der Waals surface area contributed by atoms with Crippen LogP contribution in [0, 0.1) is 6.92 Å². The van der Waals surface area contributed by atoms with Crippen LogP contribution in [0.4, 0.5) is 0 Å². The number of rotatable bonds is 2. The average molecular weight is 166 g/mol. The Morgan fingerprint density at radius 1 is 1.42 bits per heavy atom. The summed E-state index contributed by atoms with van der Waals surface area (Å²) in [5, 5.41) is 6.96. The van der Waals surface area contributed by atoms with Crippen molar-refractivity contribution in [2.45, 2.75) is 26.3 Å². The van der Waals surface area contributed by atoms with Crippen LogP contribution in [-0.2, 0) is 6.54 Å². The monoisotopic (exact) mass is 166 g/mol. The summed E-state index contributed by atoms with van der Waals surface area (Å²) in [7, 11) is 0. The Morgan fingerprint density at radius 3 is 2.75 bits per heavy atom. The lowest BCUT2D eigenvalue weighted by Gasteiger charge is -2.10. The van der Waals surface area contributed by atoms with Crippen molar-refractivity contribution in [3.8, 4) is 0 Å². The smallest absolute Gasteiger partial charge is 0.164 e. The van der Waals surface area contributed by atoms with Crippen molar-refractivity contribution in [1.29, 1.82) is 0 Å². The van der Waals surface area contributed by atoms with Gasteiger partial charge in [0.15, 0.2) is 5.82 Å². The van der Waals surface area contributed by atoms with Crippen LogP contribution in [0.25, 0.3) is 0 Å². The maximum absolute atomic E-state index is 4.27. The molecule has 4 heteroatoms. The number of aromatic nitrogens is 3. The topological polar surface area (TPSA) is 44.8 Å². The van der Waals surface area contributed by atoms with Gasteiger partial charge in [0.25, 0.3) is 0 Å². The van der Waals surface area contributed by atoms with Crippen molar-refractivity contribution in [2.75, 3.05) is 13.1 Å². The molecule has 0 aliphatic carbocycles. The second kappa shape index (κ2) is 3.23. The lowest BCUT2D eigenvalue weighted by molar-refractivity contribution is 0.323. The van der Waals surface area contributed by atoms with E-state index in [-0.39, 0.29) is 0 Å². The summed E-state index contributed by atoms with van der Waals surface area (Å²) in [5.74, 6) is 1.83. The predicted molar refractivity (Wildman–Crippen MR) is 45.6 cm³/mol. The molecule has 1 aromatic rings. The quantitative estimate of drug-likeness (QED) is 0.703. The van der Waals surface area contributed by atoms with E-state index in [2.05, 4.69) is 20.1 Å². The van der Waals surface area contributed by atoms with E-state index in [0.29, 0.717) is 0 Å². The molecule has 0 unspecified atom stereocenters. The molecule has 4 nitrogen and oxygen atoms in total. The molecule has 2 heterocycles. The van der Waals surface area contributed by atoms with E-state index in [1.807, 2.05) is 6.92 Å². The van der Waals surface area contributed by atoms with Crippen LogP contribution in [0.1, 0.15) is 24.5 Å². The van der Waals surface area contributed by atoms with Crippen LogP contribution in [0.3, 0.4) is 0 Å². The molecule has 66 valence electrons. The molecule has 2 rings (SSSR count). The zero-order valence-corrected chi connectivity index (χ0v) is 7.38. The normalized spacial score (nSPS) is 18.8. The van der Waals surface area contributed by atoms with Gasteiger partial charge < -0.3 is 0 Å². The highest BCUT2D eigenvalue weighted by Crippen LogP contribution is 2.09.